The number of nitrogens with zero attached hydrogens (tertiary/aromatic N) is 1. The lowest BCUT2D eigenvalue weighted by Crippen LogP contribution is -2.46. The summed E-state index contributed by atoms with van der Waals surface area (Å²) in [6, 6.07) is 8.29. The Labute approximate surface area is 131 Å². The molecular formula is C17H23ClN2O. The fourth-order valence-electron chi connectivity index (χ4n) is 3.00. The van der Waals surface area contributed by atoms with E-state index in [1.165, 1.54) is 12.8 Å². The molecule has 3 nitrogen and oxygen atoms in total. The van der Waals surface area contributed by atoms with Gasteiger partial charge in [-0.25, -0.2) is 0 Å². The van der Waals surface area contributed by atoms with Crippen molar-refractivity contribution in [3.8, 4) is 0 Å². The van der Waals surface area contributed by atoms with Gasteiger partial charge in [-0.2, -0.15) is 0 Å². The molecule has 4 heteroatoms. The highest BCUT2D eigenvalue weighted by atomic mass is 35.5. The standard InChI is InChI=1S/C17H23ClN2O/c18-14-7-5-13(6-8-14)12-20(15-9-10-15)17(21)16-4-2-1-3-11-19-16/h5-8,15-16,19H,1-4,9-12H2. The van der Waals surface area contributed by atoms with Crippen molar-refractivity contribution in [2.45, 2.75) is 57.2 Å². The van der Waals surface area contributed by atoms with Crippen LogP contribution in [0.15, 0.2) is 24.3 Å². The first kappa shape index (κ1) is 14.9. The topological polar surface area (TPSA) is 32.3 Å². The molecule has 1 unspecified atom stereocenters. The predicted octanol–water partition coefficient (Wildman–Crippen LogP) is 3.36. The summed E-state index contributed by atoms with van der Waals surface area (Å²) in [4.78, 5) is 14.9. The number of halogens is 1. The van der Waals surface area contributed by atoms with Gasteiger partial charge in [-0.1, -0.05) is 36.6 Å². The molecule has 0 bridgehead atoms. The minimum atomic E-state index is 0.0143. The van der Waals surface area contributed by atoms with E-state index in [0.29, 0.717) is 12.6 Å². The number of carbonyl (C=O) groups is 1. The largest absolute Gasteiger partial charge is 0.334 e. The Kier molecular flexibility index (Phi) is 4.81. The van der Waals surface area contributed by atoms with Crippen LogP contribution in [0.4, 0.5) is 0 Å². The molecule has 1 N–H and O–H groups in total. The van der Waals surface area contributed by atoms with E-state index >= 15 is 0 Å². The summed E-state index contributed by atoms with van der Waals surface area (Å²) in [7, 11) is 0. The minimum absolute atomic E-state index is 0.0143. The lowest BCUT2D eigenvalue weighted by atomic mass is 10.1. The molecule has 114 valence electrons. The van der Waals surface area contributed by atoms with Gasteiger partial charge in [0.1, 0.15) is 0 Å². The molecule has 1 atom stereocenters. The van der Waals surface area contributed by atoms with E-state index in [9.17, 15) is 4.79 Å². The van der Waals surface area contributed by atoms with Crippen molar-refractivity contribution in [1.29, 1.82) is 0 Å². The van der Waals surface area contributed by atoms with E-state index in [1.54, 1.807) is 0 Å². The second-order valence-electron chi connectivity index (χ2n) is 6.18. The van der Waals surface area contributed by atoms with Gasteiger partial charge in [-0.15, -0.1) is 0 Å². The first-order valence-electron chi connectivity index (χ1n) is 8.02. The van der Waals surface area contributed by atoms with Gasteiger partial charge in [0, 0.05) is 17.6 Å². The van der Waals surface area contributed by atoms with Gasteiger partial charge >= 0.3 is 0 Å². The zero-order valence-corrected chi connectivity index (χ0v) is 13.1. The molecule has 0 spiro atoms. The summed E-state index contributed by atoms with van der Waals surface area (Å²) in [6.07, 6.45) is 6.84. The molecule has 1 heterocycles. The number of amides is 1. The van der Waals surface area contributed by atoms with E-state index in [4.69, 9.17) is 11.6 Å². The smallest absolute Gasteiger partial charge is 0.240 e. The van der Waals surface area contributed by atoms with E-state index in [2.05, 4.69) is 10.2 Å². The Bertz CT molecular complexity index is 476. The SMILES string of the molecule is O=C(C1CCCCCN1)N(Cc1ccc(Cl)cc1)C1CC1. The summed E-state index contributed by atoms with van der Waals surface area (Å²) in [5, 5.41) is 4.17. The lowest BCUT2D eigenvalue weighted by molar-refractivity contribution is -0.134. The maximum atomic E-state index is 12.8. The van der Waals surface area contributed by atoms with E-state index in [1.807, 2.05) is 24.3 Å². The molecule has 0 radical (unpaired) electrons. The first-order valence-corrected chi connectivity index (χ1v) is 8.40. The van der Waals surface area contributed by atoms with Crippen LogP contribution in [0.5, 0.6) is 0 Å². The molecule has 1 aromatic rings. The van der Waals surface area contributed by atoms with Gasteiger partial charge in [-0.3, -0.25) is 4.79 Å². The third-order valence-corrected chi connectivity index (χ3v) is 4.65. The van der Waals surface area contributed by atoms with Crippen LogP contribution in [0.1, 0.15) is 44.1 Å². The number of benzene rings is 1. The Hall–Kier alpha value is -1.06. The Balaban J connectivity index is 1.68. The van der Waals surface area contributed by atoms with Crippen LogP contribution in [-0.2, 0) is 11.3 Å². The number of hydrogen-bond acceptors (Lipinski definition) is 2. The number of rotatable bonds is 4. The van der Waals surface area contributed by atoms with Crippen molar-refractivity contribution in [2.75, 3.05) is 6.54 Å². The van der Waals surface area contributed by atoms with Gasteiger partial charge in [0.15, 0.2) is 0 Å². The molecule has 2 aliphatic rings. The zero-order valence-electron chi connectivity index (χ0n) is 12.4. The molecule has 2 fully saturated rings. The van der Waals surface area contributed by atoms with Gasteiger partial charge in [0.2, 0.25) is 5.91 Å². The van der Waals surface area contributed by atoms with Crippen molar-refractivity contribution in [3.63, 3.8) is 0 Å². The second-order valence-corrected chi connectivity index (χ2v) is 6.62. The minimum Gasteiger partial charge on any atom is -0.334 e. The molecule has 3 rings (SSSR count). The van der Waals surface area contributed by atoms with Crippen LogP contribution in [0.3, 0.4) is 0 Å². The fourth-order valence-corrected chi connectivity index (χ4v) is 3.13. The average molecular weight is 307 g/mol. The normalized spacial score (nSPS) is 22.6. The molecule has 1 aliphatic carbocycles. The predicted molar refractivity (Wildman–Crippen MR) is 85.3 cm³/mol. The van der Waals surface area contributed by atoms with Gasteiger partial charge < -0.3 is 10.2 Å². The monoisotopic (exact) mass is 306 g/mol. The van der Waals surface area contributed by atoms with Crippen molar-refractivity contribution in [1.82, 2.24) is 10.2 Å². The van der Waals surface area contributed by atoms with Crippen molar-refractivity contribution >= 4 is 17.5 Å². The summed E-state index contributed by atoms with van der Waals surface area (Å²) >= 11 is 5.93. The third kappa shape index (κ3) is 3.98. The maximum absolute atomic E-state index is 12.8. The number of hydrogen-bond donors (Lipinski definition) is 1. The Morgan fingerprint density at radius 3 is 2.62 bits per heavy atom. The van der Waals surface area contributed by atoms with Crippen LogP contribution in [0.25, 0.3) is 0 Å². The molecule has 1 amide bonds. The summed E-state index contributed by atoms with van der Waals surface area (Å²) in [6.45, 7) is 1.68. The molecule has 1 aliphatic heterocycles. The fraction of sp³-hybridized carbons (Fsp3) is 0.588. The molecular weight excluding hydrogens is 284 g/mol. The molecule has 21 heavy (non-hydrogen) atoms. The molecule has 0 aromatic heterocycles. The van der Waals surface area contributed by atoms with Crippen molar-refractivity contribution < 1.29 is 4.79 Å². The van der Waals surface area contributed by atoms with Gasteiger partial charge in [0.25, 0.3) is 0 Å². The lowest BCUT2D eigenvalue weighted by Gasteiger charge is -2.27. The molecule has 1 saturated heterocycles. The number of nitrogens with one attached hydrogen (secondary N) is 1. The first-order chi connectivity index (χ1) is 10.2. The van der Waals surface area contributed by atoms with E-state index < -0.39 is 0 Å². The van der Waals surface area contributed by atoms with Crippen LogP contribution in [0, 0.1) is 0 Å². The summed E-state index contributed by atoms with van der Waals surface area (Å²) in [5.74, 6) is 0.286. The average Bonchev–Trinajstić information content (AvgIpc) is 3.32. The Morgan fingerprint density at radius 2 is 1.90 bits per heavy atom. The zero-order chi connectivity index (χ0) is 14.7. The Morgan fingerprint density at radius 1 is 1.14 bits per heavy atom. The maximum Gasteiger partial charge on any atom is 0.240 e. The van der Waals surface area contributed by atoms with Crippen molar-refractivity contribution in [2.24, 2.45) is 0 Å². The van der Waals surface area contributed by atoms with Gasteiger partial charge in [0.05, 0.1) is 6.04 Å². The van der Waals surface area contributed by atoms with E-state index in [-0.39, 0.29) is 11.9 Å². The van der Waals surface area contributed by atoms with Crippen LogP contribution < -0.4 is 5.32 Å². The van der Waals surface area contributed by atoms with Crippen molar-refractivity contribution in [3.05, 3.63) is 34.9 Å². The van der Waals surface area contributed by atoms with Crippen LogP contribution >= 0.6 is 11.6 Å². The van der Waals surface area contributed by atoms with Crippen LogP contribution in [0.2, 0.25) is 5.02 Å². The quantitative estimate of drug-likeness (QED) is 0.925. The molecule has 1 saturated carbocycles. The highest BCUT2D eigenvalue weighted by molar-refractivity contribution is 6.30. The van der Waals surface area contributed by atoms with Crippen LogP contribution in [-0.4, -0.2) is 29.4 Å². The second kappa shape index (κ2) is 6.80. The summed E-state index contributed by atoms with van der Waals surface area (Å²) < 4.78 is 0. The summed E-state index contributed by atoms with van der Waals surface area (Å²) in [5.41, 5.74) is 1.16. The highest BCUT2D eigenvalue weighted by Crippen LogP contribution is 2.30. The molecule has 1 aromatic carbocycles. The van der Waals surface area contributed by atoms with Gasteiger partial charge in [-0.05, 0) is 49.9 Å². The number of carbonyl (C=O) groups excluding carboxylic acids is 1. The highest BCUT2D eigenvalue weighted by Gasteiger charge is 2.35. The third-order valence-electron chi connectivity index (χ3n) is 4.40. The van der Waals surface area contributed by atoms with E-state index in [0.717, 1.165) is 42.8 Å².